The van der Waals surface area contributed by atoms with Crippen LogP contribution in [0.4, 0.5) is 13.2 Å². The Bertz CT molecular complexity index is 461. The van der Waals surface area contributed by atoms with Crippen LogP contribution >= 0.6 is 0 Å². The van der Waals surface area contributed by atoms with Crippen molar-refractivity contribution >= 4 is 5.91 Å². The summed E-state index contributed by atoms with van der Waals surface area (Å²) in [5.41, 5.74) is 1.21. The molecule has 20 heavy (non-hydrogen) atoms. The van der Waals surface area contributed by atoms with E-state index >= 15 is 0 Å². The molecule has 3 nitrogen and oxygen atoms in total. The molecule has 1 rings (SSSR count). The third-order valence-electron chi connectivity index (χ3n) is 2.85. The smallest absolute Gasteiger partial charge is 0.382 e. The summed E-state index contributed by atoms with van der Waals surface area (Å²) < 4.78 is 36.3. The van der Waals surface area contributed by atoms with Gasteiger partial charge >= 0.3 is 6.18 Å². The van der Waals surface area contributed by atoms with Crippen molar-refractivity contribution in [2.75, 3.05) is 6.54 Å². The molecule has 0 spiro atoms. The zero-order chi connectivity index (χ0) is 15.6. The molecule has 0 aliphatic carbocycles. The number of carbonyl (C=O) groups excluding carboxylic acids is 1. The van der Waals surface area contributed by atoms with Crippen molar-refractivity contribution in [1.29, 1.82) is 0 Å². The Hall–Kier alpha value is -1.56. The molecular weight excluding hydrogens is 271 g/mol. The Balaban J connectivity index is 2.65. The van der Waals surface area contributed by atoms with Crippen molar-refractivity contribution < 1.29 is 23.1 Å². The Morgan fingerprint density at radius 1 is 1.20 bits per heavy atom. The van der Waals surface area contributed by atoms with Crippen molar-refractivity contribution in [3.05, 3.63) is 35.4 Å². The fourth-order valence-electron chi connectivity index (χ4n) is 1.53. The maximum Gasteiger partial charge on any atom is 0.416 e. The molecule has 6 heteroatoms. The summed E-state index contributed by atoms with van der Waals surface area (Å²) >= 11 is 0. The van der Waals surface area contributed by atoms with Gasteiger partial charge in [-0.05, 0) is 23.1 Å². The summed E-state index contributed by atoms with van der Waals surface area (Å²) in [5.74, 6) is -0.645. The largest absolute Gasteiger partial charge is 0.416 e. The van der Waals surface area contributed by atoms with Crippen LogP contribution in [-0.2, 0) is 5.41 Å². The van der Waals surface area contributed by atoms with Crippen LogP contribution in [0.3, 0.4) is 0 Å². The average Bonchev–Trinajstić information content (AvgIpc) is 2.33. The lowest BCUT2D eigenvalue weighted by Gasteiger charge is -2.19. The van der Waals surface area contributed by atoms with Crippen molar-refractivity contribution in [2.45, 2.75) is 38.5 Å². The zero-order valence-electron chi connectivity index (χ0n) is 11.6. The molecule has 112 valence electrons. The maximum absolute atomic E-state index is 12.1. The van der Waals surface area contributed by atoms with E-state index < -0.39 is 24.7 Å². The lowest BCUT2D eigenvalue weighted by molar-refractivity contribution is -0.201. The molecule has 0 bridgehead atoms. The molecule has 1 aromatic rings. The van der Waals surface area contributed by atoms with Gasteiger partial charge in [-0.15, -0.1) is 0 Å². The second-order valence-electron chi connectivity index (χ2n) is 5.59. The van der Waals surface area contributed by atoms with E-state index in [2.05, 4.69) is 5.32 Å². The number of hydrogen-bond donors (Lipinski definition) is 2. The van der Waals surface area contributed by atoms with Gasteiger partial charge in [0.2, 0.25) is 0 Å². The zero-order valence-corrected chi connectivity index (χ0v) is 11.6. The van der Waals surface area contributed by atoms with E-state index in [0.717, 1.165) is 5.56 Å². The average molecular weight is 289 g/mol. The van der Waals surface area contributed by atoms with E-state index in [9.17, 15) is 18.0 Å². The minimum Gasteiger partial charge on any atom is -0.382 e. The predicted molar refractivity (Wildman–Crippen MR) is 69.5 cm³/mol. The van der Waals surface area contributed by atoms with Crippen LogP contribution in [0.15, 0.2) is 24.3 Å². The molecule has 1 atom stereocenters. The van der Waals surface area contributed by atoms with Crippen LogP contribution in [0.25, 0.3) is 0 Å². The first-order chi connectivity index (χ1) is 9.01. The van der Waals surface area contributed by atoms with Gasteiger partial charge in [-0.3, -0.25) is 4.79 Å². The molecular formula is C14H18F3NO2. The summed E-state index contributed by atoms with van der Waals surface area (Å²) in [7, 11) is 0. The van der Waals surface area contributed by atoms with Gasteiger partial charge in [-0.1, -0.05) is 32.9 Å². The van der Waals surface area contributed by atoms with Gasteiger partial charge in [0, 0.05) is 5.56 Å². The Morgan fingerprint density at radius 3 is 2.10 bits per heavy atom. The first kappa shape index (κ1) is 16.5. The summed E-state index contributed by atoms with van der Waals surface area (Å²) in [6.07, 6.45) is -7.29. The SMILES string of the molecule is CC(C)(C)c1ccc(C(=O)NCC(O)C(F)(F)F)cc1. The van der Waals surface area contributed by atoms with Crippen molar-refractivity contribution in [3.63, 3.8) is 0 Å². The van der Waals surface area contributed by atoms with Crippen molar-refractivity contribution in [2.24, 2.45) is 0 Å². The molecule has 0 aromatic heterocycles. The number of amides is 1. The summed E-state index contributed by atoms with van der Waals surface area (Å²) in [4.78, 5) is 11.6. The monoisotopic (exact) mass is 289 g/mol. The Kier molecular flexibility index (Phi) is 4.81. The minimum absolute atomic E-state index is 0.0680. The second-order valence-corrected chi connectivity index (χ2v) is 5.59. The topological polar surface area (TPSA) is 49.3 Å². The standard InChI is InChI=1S/C14H18F3NO2/c1-13(2,3)10-6-4-9(5-7-10)12(20)18-8-11(19)14(15,16)17/h4-7,11,19H,8H2,1-3H3,(H,18,20). The number of nitrogens with one attached hydrogen (secondary N) is 1. The highest BCUT2D eigenvalue weighted by Crippen LogP contribution is 2.22. The van der Waals surface area contributed by atoms with Crippen LogP contribution < -0.4 is 5.32 Å². The molecule has 0 heterocycles. The van der Waals surface area contributed by atoms with E-state index in [0.29, 0.717) is 0 Å². The van der Waals surface area contributed by atoms with Gasteiger partial charge in [-0.25, -0.2) is 0 Å². The molecule has 1 amide bonds. The number of hydrogen-bond acceptors (Lipinski definition) is 2. The summed E-state index contributed by atoms with van der Waals surface area (Å²) in [5, 5.41) is 10.8. The van der Waals surface area contributed by atoms with Crippen molar-refractivity contribution in [1.82, 2.24) is 5.32 Å². The molecule has 0 saturated carbocycles. The van der Waals surface area contributed by atoms with E-state index in [1.54, 1.807) is 24.3 Å². The Labute approximate surface area is 115 Å². The Morgan fingerprint density at radius 2 is 1.70 bits per heavy atom. The normalized spacial score (nSPS) is 13.9. The highest BCUT2D eigenvalue weighted by molar-refractivity contribution is 5.94. The summed E-state index contributed by atoms with van der Waals surface area (Å²) in [6.45, 7) is 5.19. The van der Waals surface area contributed by atoms with Crippen LogP contribution in [0.5, 0.6) is 0 Å². The van der Waals surface area contributed by atoms with E-state index in [4.69, 9.17) is 5.11 Å². The van der Waals surface area contributed by atoms with Gasteiger partial charge in [-0.2, -0.15) is 13.2 Å². The number of halogens is 3. The van der Waals surface area contributed by atoms with E-state index in [1.807, 2.05) is 20.8 Å². The van der Waals surface area contributed by atoms with Gasteiger partial charge in [0.1, 0.15) is 0 Å². The van der Waals surface area contributed by atoms with E-state index in [1.165, 1.54) is 0 Å². The highest BCUT2D eigenvalue weighted by atomic mass is 19.4. The van der Waals surface area contributed by atoms with Crippen LogP contribution in [0, 0.1) is 0 Å². The molecule has 0 fully saturated rings. The van der Waals surface area contributed by atoms with Gasteiger partial charge < -0.3 is 10.4 Å². The van der Waals surface area contributed by atoms with Crippen LogP contribution in [-0.4, -0.2) is 29.8 Å². The van der Waals surface area contributed by atoms with Crippen LogP contribution in [0.1, 0.15) is 36.7 Å². The fourth-order valence-corrected chi connectivity index (χ4v) is 1.53. The maximum atomic E-state index is 12.1. The summed E-state index contributed by atoms with van der Waals surface area (Å²) in [6, 6.07) is 6.62. The molecule has 0 aliphatic heterocycles. The number of carbonyl (C=O) groups is 1. The molecule has 1 aromatic carbocycles. The second kappa shape index (κ2) is 5.83. The lowest BCUT2D eigenvalue weighted by Crippen LogP contribution is -2.40. The van der Waals surface area contributed by atoms with Crippen LogP contribution in [0.2, 0.25) is 0 Å². The first-order valence-corrected chi connectivity index (χ1v) is 6.15. The third-order valence-corrected chi connectivity index (χ3v) is 2.85. The lowest BCUT2D eigenvalue weighted by atomic mass is 9.87. The molecule has 0 saturated heterocycles. The number of aliphatic hydroxyl groups excluding tert-OH is 1. The number of benzene rings is 1. The highest BCUT2D eigenvalue weighted by Gasteiger charge is 2.38. The van der Waals surface area contributed by atoms with Gasteiger partial charge in [0.05, 0.1) is 6.54 Å². The van der Waals surface area contributed by atoms with Gasteiger partial charge in [0.25, 0.3) is 5.91 Å². The molecule has 1 unspecified atom stereocenters. The van der Waals surface area contributed by atoms with Gasteiger partial charge in [0.15, 0.2) is 6.10 Å². The quantitative estimate of drug-likeness (QED) is 0.898. The number of rotatable bonds is 3. The van der Waals surface area contributed by atoms with E-state index in [-0.39, 0.29) is 11.0 Å². The third kappa shape index (κ3) is 4.52. The molecule has 0 aliphatic rings. The van der Waals surface area contributed by atoms with Crippen molar-refractivity contribution in [3.8, 4) is 0 Å². The minimum atomic E-state index is -4.73. The first-order valence-electron chi connectivity index (χ1n) is 6.15. The predicted octanol–water partition coefficient (Wildman–Crippen LogP) is 2.64. The fraction of sp³-hybridized carbons (Fsp3) is 0.500. The molecule has 0 radical (unpaired) electrons. The number of alkyl halides is 3. The molecule has 2 N–H and O–H groups in total. The number of aliphatic hydroxyl groups is 1.